The van der Waals surface area contributed by atoms with E-state index in [9.17, 15) is 4.79 Å². The van der Waals surface area contributed by atoms with Crippen molar-refractivity contribution < 1.29 is 14.3 Å². The highest BCUT2D eigenvalue weighted by Crippen LogP contribution is 2.26. The molecule has 0 saturated carbocycles. The van der Waals surface area contributed by atoms with E-state index in [-0.39, 0.29) is 12.2 Å². The highest BCUT2D eigenvalue weighted by atomic mass is 16.7. The van der Waals surface area contributed by atoms with Crippen molar-refractivity contribution >= 4 is 5.91 Å². The second kappa shape index (κ2) is 7.37. The number of piperidine rings is 1. The van der Waals surface area contributed by atoms with E-state index >= 15 is 0 Å². The average molecular weight is 341 g/mol. The number of rotatable bonds is 4. The Balaban J connectivity index is 1.33. The minimum Gasteiger partial charge on any atom is -0.350 e. The summed E-state index contributed by atoms with van der Waals surface area (Å²) in [6.07, 6.45) is 7.30. The zero-order chi connectivity index (χ0) is 17.1. The molecule has 0 bridgehead atoms. The summed E-state index contributed by atoms with van der Waals surface area (Å²) in [6.45, 7) is 3.68. The summed E-state index contributed by atoms with van der Waals surface area (Å²) in [7, 11) is 0. The van der Waals surface area contributed by atoms with Crippen LogP contribution in [-0.4, -0.2) is 53.0 Å². The fourth-order valence-electron chi connectivity index (χ4n) is 3.55. The highest BCUT2D eigenvalue weighted by Gasteiger charge is 2.31. The first-order valence-electron chi connectivity index (χ1n) is 8.87. The summed E-state index contributed by atoms with van der Waals surface area (Å²) >= 11 is 0. The number of amides is 1. The van der Waals surface area contributed by atoms with Gasteiger partial charge in [0.25, 0.3) is 5.91 Å². The van der Waals surface area contributed by atoms with Crippen molar-refractivity contribution in [3.63, 3.8) is 0 Å². The van der Waals surface area contributed by atoms with E-state index in [1.807, 2.05) is 39.9 Å². The summed E-state index contributed by atoms with van der Waals surface area (Å²) in [4.78, 5) is 18.7. The molecule has 132 valence electrons. The van der Waals surface area contributed by atoms with Crippen LogP contribution in [0.25, 0.3) is 0 Å². The molecule has 2 saturated heterocycles. The van der Waals surface area contributed by atoms with Gasteiger partial charge in [0.05, 0.1) is 19.5 Å². The van der Waals surface area contributed by atoms with Gasteiger partial charge in [-0.1, -0.05) is 12.1 Å². The Labute approximate surface area is 147 Å². The topological polar surface area (TPSA) is 56.6 Å². The van der Waals surface area contributed by atoms with Crippen LogP contribution >= 0.6 is 0 Å². The molecule has 6 nitrogen and oxygen atoms in total. The SMILES string of the molecule is O=C(c1ccc(Cn2ccnc2)cc1)N1CCC(C2OCCO2)CC1. The van der Waals surface area contributed by atoms with Crippen molar-refractivity contribution in [1.82, 2.24) is 14.5 Å². The Bertz CT molecular complexity index is 685. The lowest BCUT2D eigenvalue weighted by molar-refractivity contribution is -0.0956. The number of hydrogen-bond acceptors (Lipinski definition) is 4. The van der Waals surface area contributed by atoms with Crippen LogP contribution in [0.15, 0.2) is 43.0 Å². The van der Waals surface area contributed by atoms with E-state index in [1.54, 1.807) is 12.5 Å². The molecule has 6 heteroatoms. The van der Waals surface area contributed by atoms with Crippen molar-refractivity contribution in [1.29, 1.82) is 0 Å². The molecule has 25 heavy (non-hydrogen) atoms. The van der Waals surface area contributed by atoms with Crippen LogP contribution in [0.5, 0.6) is 0 Å². The molecule has 2 aliphatic rings. The number of likely N-dealkylation sites (tertiary alicyclic amines) is 1. The maximum absolute atomic E-state index is 12.7. The van der Waals surface area contributed by atoms with Gasteiger partial charge in [0.1, 0.15) is 0 Å². The zero-order valence-corrected chi connectivity index (χ0v) is 14.2. The summed E-state index contributed by atoms with van der Waals surface area (Å²) in [5.41, 5.74) is 1.91. The first-order chi connectivity index (χ1) is 12.3. The first kappa shape index (κ1) is 16.3. The summed E-state index contributed by atoms with van der Waals surface area (Å²) in [6, 6.07) is 7.87. The van der Waals surface area contributed by atoms with E-state index in [2.05, 4.69) is 4.98 Å². The van der Waals surface area contributed by atoms with Gasteiger partial charge < -0.3 is 18.9 Å². The summed E-state index contributed by atoms with van der Waals surface area (Å²) in [5, 5.41) is 0. The quantitative estimate of drug-likeness (QED) is 0.855. The van der Waals surface area contributed by atoms with Gasteiger partial charge in [-0.25, -0.2) is 4.98 Å². The molecular formula is C19H23N3O3. The zero-order valence-electron chi connectivity index (χ0n) is 14.2. The Morgan fingerprint density at radius 2 is 1.84 bits per heavy atom. The van der Waals surface area contributed by atoms with Crippen LogP contribution < -0.4 is 0 Å². The van der Waals surface area contributed by atoms with Crippen LogP contribution in [0.4, 0.5) is 0 Å². The second-order valence-electron chi connectivity index (χ2n) is 6.67. The molecule has 1 aromatic carbocycles. The Morgan fingerprint density at radius 1 is 1.12 bits per heavy atom. The predicted molar refractivity (Wildman–Crippen MR) is 92.1 cm³/mol. The molecule has 0 spiro atoms. The number of carbonyl (C=O) groups excluding carboxylic acids is 1. The van der Waals surface area contributed by atoms with Gasteiger partial charge in [-0.05, 0) is 30.5 Å². The minimum absolute atomic E-state index is 0.0697. The predicted octanol–water partition coefficient (Wildman–Crippen LogP) is 2.16. The normalized spacial score (nSPS) is 19.4. The summed E-state index contributed by atoms with van der Waals surface area (Å²) in [5.74, 6) is 0.519. The molecule has 0 unspecified atom stereocenters. The lowest BCUT2D eigenvalue weighted by Crippen LogP contribution is -2.41. The highest BCUT2D eigenvalue weighted by molar-refractivity contribution is 5.94. The number of imidazole rings is 1. The Kier molecular flexibility index (Phi) is 4.81. The molecule has 0 radical (unpaired) electrons. The van der Waals surface area contributed by atoms with Gasteiger partial charge in [-0.3, -0.25) is 4.79 Å². The molecule has 0 N–H and O–H groups in total. The molecule has 3 heterocycles. The minimum atomic E-state index is -0.0697. The molecule has 1 aromatic heterocycles. The van der Waals surface area contributed by atoms with Crippen LogP contribution in [0.2, 0.25) is 0 Å². The monoisotopic (exact) mass is 341 g/mol. The standard InChI is InChI=1S/C19H23N3O3/c23-18(22-8-5-17(6-9-22)19-24-11-12-25-19)16-3-1-15(2-4-16)13-21-10-7-20-14-21/h1-4,7,10,14,17,19H,5-6,8-9,11-13H2. The molecular weight excluding hydrogens is 318 g/mol. The van der Waals surface area contributed by atoms with E-state index in [1.165, 1.54) is 0 Å². The van der Waals surface area contributed by atoms with E-state index in [0.717, 1.165) is 43.6 Å². The van der Waals surface area contributed by atoms with E-state index < -0.39 is 0 Å². The molecule has 2 aromatic rings. The molecule has 4 rings (SSSR count). The molecule has 1 amide bonds. The number of carbonyl (C=O) groups is 1. The molecule has 0 aliphatic carbocycles. The smallest absolute Gasteiger partial charge is 0.253 e. The second-order valence-corrected chi connectivity index (χ2v) is 6.67. The van der Waals surface area contributed by atoms with Gasteiger partial charge in [0.2, 0.25) is 0 Å². The molecule has 2 aliphatic heterocycles. The van der Waals surface area contributed by atoms with Gasteiger partial charge in [-0.15, -0.1) is 0 Å². The maximum atomic E-state index is 12.7. The van der Waals surface area contributed by atoms with Crippen molar-refractivity contribution in [2.24, 2.45) is 5.92 Å². The number of ether oxygens (including phenoxy) is 2. The van der Waals surface area contributed by atoms with Crippen molar-refractivity contribution in [2.75, 3.05) is 26.3 Å². The van der Waals surface area contributed by atoms with Crippen LogP contribution in [-0.2, 0) is 16.0 Å². The lowest BCUT2D eigenvalue weighted by Gasteiger charge is -2.33. The number of nitrogens with zero attached hydrogens (tertiary/aromatic N) is 3. The fraction of sp³-hybridized carbons (Fsp3) is 0.474. The first-order valence-corrected chi connectivity index (χ1v) is 8.87. The maximum Gasteiger partial charge on any atom is 0.253 e. The van der Waals surface area contributed by atoms with Gasteiger partial charge >= 0.3 is 0 Å². The summed E-state index contributed by atoms with van der Waals surface area (Å²) < 4.78 is 13.2. The lowest BCUT2D eigenvalue weighted by atomic mass is 9.95. The van der Waals surface area contributed by atoms with Crippen molar-refractivity contribution in [3.05, 3.63) is 54.1 Å². The Morgan fingerprint density at radius 3 is 2.48 bits per heavy atom. The van der Waals surface area contributed by atoms with Crippen LogP contribution in [0.3, 0.4) is 0 Å². The van der Waals surface area contributed by atoms with Gasteiger partial charge in [-0.2, -0.15) is 0 Å². The van der Waals surface area contributed by atoms with Gasteiger partial charge in [0, 0.05) is 43.5 Å². The third-order valence-electron chi connectivity index (χ3n) is 4.98. The molecule has 2 fully saturated rings. The number of benzene rings is 1. The van der Waals surface area contributed by atoms with Crippen molar-refractivity contribution in [3.8, 4) is 0 Å². The third-order valence-corrected chi connectivity index (χ3v) is 4.98. The van der Waals surface area contributed by atoms with Crippen molar-refractivity contribution in [2.45, 2.75) is 25.7 Å². The van der Waals surface area contributed by atoms with E-state index in [0.29, 0.717) is 19.1 Å². The largest absolute Gasteiger partial charge is 0.350 e. The third kappa shape index (κ3) is 3.75. The van der Waals surface area contributed by atoms with Crippen LogP contribution in [0.1, 0.15) is 28.8 Å². The molecule has 0 atom stereocenters. The number of hydrogen-bond donors (Lipinski definition) is 0. The Hall–Kier alpha value is -2.18. The van der Waals surface area contributed by atoms with Crippen LogP contribution in [0, 0.1) is 5.92 Å². The fourth-order valence-corrected chi connectivity index (χ4v) is 3.55. The van der Waals surface area contributed by atoms with Gasteiger partial charge in [0.15, 0.2) is 6.29 Å². The number of aromatic nitrogens is 2. The van der Waals surface area contributed by atoms with E-state index in [4.69, 9.17) is 9.47 Å². The average Bonchev–Trinajstić information content (AvgIpc) is 3.36.